The number of carbonyl (C=O) groups excluding carboxylic acids is 2. The van der Waals surface area contributed by atoms with Crippen LogP contribution in [0.15, 0.2) is 85.7 Å². The molecule has 242 valence electrons. The Balaban J connectivity index is 1.26. The summed E-state index contributed by atoms with van der Waals surface area (Å²) in [6.45, 7) is 8.01. The van der Waals surface area contributed by atoms with Crippen molar-refractivity contribution in [3.63, 3.8) is 0 Å². The molecule has 0 aliphatic carbocycles. The number of piperazine rings is 1. The number of hydroxylamine groups is 1. The highest BCUT2D eigenvalue weighted by molar-refractivity contribution is 6.02. The monoisotopic (exact) mass is 637 g/mol. The second-order valence-corrected chi connectivity index (χ2v) is 11.2. The topological polar surface area (TPSA) is 112 Å². The fourth-order valence-corrected chi connectivity index (χ4v) is 5.91. The maximum atomic E-state index is 13.9. The first-order valence-electron chi connectivity index (χ1n) is 15.4. The lowest BCUT2D eigenvalue weighted by molar-refractivity contribution is -0.129. The van der Waals surface area contributed by atoms with Gasteiger partial charge in [0.2, 0.25) is 11.8 Å². The third-order valence-corrected chi connectivity index (χ3v) is 8.30. The number of nitrogens with zero attached hydrogens (tertiary/aromatic N) is 5. The van der Waals surface area contributed by atoms with E-state index in [1.54, 1.807) is 42.2 Å². The van der Waals surface area contributed by atoms with Crippen molar-refractivity contribution < 1.29 is 23.6 Å². The molecule has 4 aromatic rings. The Bertz CT molecular complexity index is 1790. The van der Waals surface area contributed by atoms with Crippen LogP contribution in [-0.2, 0) is 14.4 Å². The number of aromatic nitrogens is 2. The van der Waals surface area contributed by atoms with Crippen molar-refractivity contribution in [3.05, 3.63) is 97.1 Å². The van der Waals surface area contributed by atoms with Gasteiger partial charge in [-0.15, -0.1) is 0 Å². The van der Waals surface area contributed by atoms with E-state index in [1.165, 1.54) is 24.5 Å². The summed E-state index contributed by atoms with van der Waals surface area (Å²) in [6, 6.07) is 19.9. The number of ether oxygens (including phenoxy) is 1. The minimum Gasteiger partial charge on any atom is -0.494 e. The predicted molar refractivity (Wildman–Crippen MR) is 179 cm³/mol. The fourth-order valence-electron chi connectivity index (χ4n) is 5.91. The summed E-state index contributed by atoms with van der Waals surface area (Å²) in [5, 5.41) is 8.00. The molecule has 12 heteroatoms. The summed E-state index contributed by atoms with van der Waals surface area (Å²) < 4.78 is 19.7. The molecule has 1 atom stereocenters. The second kappa shape index (κ2) is 13.9. The number of rotatable bonds is 9. The van der Waals surface area contributed by atoms with Crippen LogP contribution in [0, 0.1) is 5.82 Å². The van der Waals surface area contributed by atoms with Crippen LogP contribution in [0.2, 0.25) is 0 Å². The van der Waals surface area contributed by atoms with Crippen LogP contribution in [0.4, 0.5) is 33.1 Å². The third kappa shape index (κ3) is 7.02. The zero-order valence-electron chi connectivity index (χ0n) is 26.3. The zero-order valence-corrected chi connectivity index (χ0v) is 26.3. The maximum Gasteiger partial charge on any atom is 0.247 e. The van der Waals surface area contributed by atoms with Gasteiger partial charge in [0, 0.05) is 51.7 Å². The Morgan fingerprint density at radius 1 is 1.00 bits per heavy atom. The largest absolute Gasteiger partial charge is 0.494 e. The van der Waals surface area contributed by atoms with Crippen LogP contribution >= 0.6 is 0 Å². The van der Waals surface area contributed by atoms with Gasteiger partial charge in [-0.3, -0.25) is 14.4 Å². The Morgan fingerprint density at radius 2 is 1.77 bits per heavy atom. The van der Waals surface area contributed by atoms with E-state index in [0.717, 1.165) is 28.8 Å². The van der Waals surface area contributed by atoms with Gasteiger partial charge in [-0.25, -0.2) is 19.4 Å². The van der Waals surface area contributed by atoms with Gasteiger partial charge < -0.3 is 25.2 Å². The summed E-state index contributed by atoms with van der Waals surface area (Å²) >= 11 is 0. The van der Waals surface area contributed by atoms with E-state index in [9.17, 15) is 14.0 Å². The summed E-state index contributed by atoms with van der Waals surface area (Å²) in [5.41, 5.74) is 4.63. The number of amides is 2. The van der Waals surface area contributed by atoms with Crippen LogP contribution in [0.1, 0.15) is 24.9 Å². The first kappa shape index (κ1) is 31.5. The third-order valence-electron chi connectivity index (χ3n) is 8.30. The van der Waals surface area contributed by atoms with Gasteiger partial charge in [-0.2, -0.15) is 0 Å². The predicted octanol–water partition coefficient (Wildman–Crippen LogP) is 5.71. The number of anilines is 5. The molecule has 2 fully saturated rings. The number of hydrogen-bond acceptors (Lipinski definition) is 9. The van der Waals surface area contributed by atoms with Crippen LogP contribution in [0.25, 0.3) is 11.1 Å². The molecule has 0 radical (unpaired) electrons. The lowest BCUT2D eigenvalue weighted by Gasteiger charge is -2.36. The van der Waals surface area contributed by atoms with Crippen molar-refractivity contribution in [1.29, 1.82) is 0 Å². The SMILES string of the molecule is C=CC(=O)Nc1cc(Nc2cc(N3OCC[C@@H]3c3cccc(-c4cccc(F)c4)c3)ncn2)c(OC)cc1N1CCN(C(C)=O)CC1. The van der Waals surface area contributed by atoms with Crippen molar-refractivity contribution in [1.82, 2.24) is 14.9 Å². The molecular weight excluding hydrogens is 601 g/mol. The van der Waals surface area contributed by atoms with Crippen LogP contribution < -0.4 is 25.3 Å². The number of carbonyl (C=O) groups is 2. The Hall–Kier alpha value is -5.49. The van der Waals surface area contributed by atoms with Crippen LogP contribution in [0.5, 0.6) is 5.75 Å². The molecule has 3 heterocycles. The summed E-state index contributed by atoms with van der Waals surface area (Å²) in [4.78, 5) is 43.2. The van der Waals surface area contributed by atoms with Gasteiger partial charge in [0.15, 0.2) is 5.82 Å². The normalized spacial score (nSPS) is 16.1. The van der Waals surface area contributed by atoms with E-state index < -0.39 is 0 Å². The first-order chi connectivity index (χ1) is 22.8. The Kier molecular flexibility index (Phi) is 9.30. The highest BCUT2D eigenvalue weighted by Gasteiger charge is 2.30. The lowest BCUT2D eigenvalue weighted by Crippen LogP contribution is -2.48. The van der Waals surface area contributed by atoms with Crippen molar-refractivity contribution in [2.45, 2.75) is 19.4 Å². The van der Waals surface area contributed by atoms with Crippen LogP contribution in [0.3, 0.4) is 0 Å². The smallest absolute Gasteiger partial charge is 0.247 e. The number of benzene rings is 3. The van der Waals surface area contributed by atoms with E-state index >= 15 is 0 Å². The fraction of sp³-hybridized carbons (Fsp3) is 0.257. The van der Waals surface area contributed by atoms with E-state index in [1.807, 2.05) is 36.4 Å². The molecule has 2 aliphatic rings. The van der Waals surface area contributed by atoms with E-state index in [4.69, 9.17) is 9.57 Å². The van der Waals surface area contributed by atoms with E-state index in [2.05, 4.69) is 32.1 Å². The average molecular weight is 638 g/mol. The average Bonchev–Trinajstić information content (AvgIpc) is 3.59. The number of methoxy groups -OCH3 is 1. The Morgan fingerprint density at radius 3 is 2.49 bits per heavy atom. The molecule has 0 unspecified atom stereocenters. The zero-order chi connectivity index (χ0) is 32.9. The summed E-state index contributed by atoms with van der Waals surface area (Å²) in [7, 11) is 1.58. The van der Waals surface area contributed by atoms with Crippen LogP contribution in [-0.4, -0.2) is 66.6 Å². The summed E-state index contributed by atoms with van der Waals surface area (Å²) in [6.07, 6.45) is 3.41. The standard InChI is InChI=1S/C35H36FN7O4/c1-4-35(45)40-28-19-29(32(46-3)20-31(28)42-14-12-41(13-15-42)23(2)44)39-33-21-34(38-22-37-33)43-30(11-16-47-43)26-9-5-7-24(17-26)25-8-6-10-27(36)18-25/h4-10,17-22,30H,1,11-16H2,2-3H3,(H,40,45)(H,37,38,39)/t30-/m1/s1. The highest BCUT2D eigenvalue weighted by atomic mass is 19.1. The molecule has 11 nitrogen and oxygen atoms in total. The van der Waals surface area contributed by atoms with Crippen molar-refractivity contribution in [3.8, 4) is 16.9 Å². The molecule has 6 rings (SSSR count). The quantitative estimate of drug-likeness (QED) is 0.223. The molecule has 2 N–H and O–H groups in total. The molecule has 2 aliphatic heterocycles. The maximum absolute atomic E-state index is 13.9. The van der Waals surface area contributed by atoms with Gasteiger partial charge in [0.1, 0.15) is 23.7 Å². The molecule has 47 heavy (non-hydrogen) atoms. The molecule has 0 saturated carbocycles. The first-order valence-corrected chi connectivity index (χ1v) is 15.4. The molecular formula is C35H36FN7O4. The van der Waals surface area contributed by atoms with Crippen molar-refractivity contribution in [2.24, 2.45) is 0 Å². The van der Waals surface area contributed by atoms with Gasteiger partial charge in [-0.05, 0) is 47.0 Å². The minimum absolute atomic E-state index is 0.0363. The van der Waals surface area contributed by atoms with E-state index in [-0.39, 0.29) is 23.7 Å². The Labute approximate surface area is 272 Å². The molecule has 0 bridgehead atoms. The minimum atomic E-state index is -0.354. The number of nitrogens with one attached hydrogen (secondary N) is 2. The lowest BCUT2D eigenvalue weighted by atomic mass is 9.98. The van der Waals surface area contributed by atoms with E-state index in [0.29, 0.717) is 61.5 Å². The van der Waals surface area contributed by atoms with Gasteiger partial charge in [0.25, 0.3) is 0 Å². The number of hydrogen-bond donors (Lipinski definition) is 2. The van der Waals surface area contributed by atoms with Crippen molar-refractivity contribution in [2.75, 3.05) is 60.5 Å². The summed E-state index contributed by atoms with van der Waals surface area (Å²) in [5.74, 6) is 0.978. The molecule has 2 amide bonds. The molecule has 2 saturated heterocycles. The second-order valence-electron chi connectivity index (χ2n) is 11.2. The highest BCUT2D eigenvalue weighted by Crippen LogP contribution is 2.40. The van der Waals surface area contributed by atoms with Crippen molar-refractivity contribution >= 4 is 40.5 Å². The molecule has 1 aromatic heterocycles. The molecule has 3 aromatic carbocycles. The van der Waals surface area contributed by atoms with Gasteiger partial charge in [-0.1, -0.05) is 36.9 Å². The van der Waals surface area contributed by atoms with Gasteiger partial charge in [0.05, 0.1) is 36.8 Å². The number of halogens is 1. The molecule has 0 spiro atoms. The van der Waals surface area contributed by atoms with Gasteiger partial charge >= 0.3 is 0 Å².